The van der Waals surface area contributed by atoms with Crippen molar-refractivity contribution >= 4 is 45.0 Å². The lowest BCUT2D eigenvalue weighted by molar-refractivity contribution is 0.171. The molecule has 0 fully saturated rings. The van der Waals surface area contributed by atoms with Gasteiger partial charge in [0.25, 0.3) is 0 Å². The van der Waals surface area contributed by atoms with Crippen molar-refractivity contribution in [3.8, 4) is 11.5 Å². The maximum absolute atomic E-state index is 6.19. The third kappa shape index (κ3) is 3.42. The molecule has 110 valence electrons. The summed E-state index contributed by atoms with van der Waals surface area (Å²) in [5.41, 5.74) is 7.51. The summed E-state index contributed by atoms with van der Waals surface area (Å²) >= 11 is 11.4. The van der Waals surface area contributed by atoms with Crippen LogP contribution < -0.4 is 15.2 Å². The summed E-state index contributed by atoms with van der Waals surface area (Å²) in [6.07, 6.45) is 0. The van der Waals surface area contributed by atoms with Gasteiger partial charge in [-0.15, -0.1) is 11.8 Å². The van der Waals surface area contributed by atoms with Crippen molar-refractivity contribution in [1.82, 2.24) is 0 Å². The van der Waals surface area contributed by atoms with Crippen LogP contribution in [0.4, 0.5) is 5.69 Å². The van der Waals surface area contributed by atoms with Crippen LogP contribution in [0, 0.1) is 0 Å². The molecule has 1 aliphatic heterocycles. The van der Waals surface area contributed by atoms with Crippen LogP contribution in [0.15, 0.2) is 39.7 Å². The molecule has 0 aromatic heterocycles. The van der Waals surface area contributed by atoms with Crippen LogP contribution in [0.1, 0.15) is 5.56 Å². The van der Waals surface area contributed by atoms with Gasteiger partial charge in [-0.1, -0.05) is 27.5 Å². The van der Waals surface area contributed by atoms with Gasteiger partial charge in [0.05, 0.1) is 5.02 Å². The van der Waals surface area contributed by atoms with Crippen LogP contribution >= 0.6 is 39.3 Å². The third-order valence-electron chi connectivity index (χ3n) is 3.05. The number of benzene rings is 2. The van der Waals surface area contributed by atoms with E-state index >= 15 is 0 Å². The molecule has 0 aliphatic carbocycles. The van der Waals surface area contributed by atoms with E-state index in [9.17, 15) is 0 Å². The SMILES string of the molecule is Nc1ccc(SCc2cc3c(cc2Br)OCCO3)c(Cl)c1. The molecule has 3 rings (SSSR count). The van der Waals surface area contributed by atoms with E-state index in [-0.39, 0.29) is 0 Å². The number of hydrogen-bond acceptors (Lipinski definition) is 4. The Balaban J connectivity index is 1.78. The number of nitrogen functional groups attached to an aromatic ring is 1. The molecule has 21 heavy (non-hydrogen) atoms. The Kier molecular flexibility index (Phi) is 4.52. The molecule has 0 saturated carbocycles. The number of fused-ring (bicyclic) bond motifs is 1. The fourth-order valence-corrected chi connectivity index (χ4v) is 3.92. The molecule has 0 spiro atoms. The third-order valence-corrected chi connectivity index (χ3v) is 5.34. The summed E-state index contributed by atoms with van der Waals surface area (Å²) in [7, 11) is 0. The van der Waals surface area contributed by atoms with Gasteiger partial charge >= 0.3 is 0 Å². The zero-order valence-corrected chi connectivity index (χ0v) is 14.2. The maximum Gasteiger partial charge on any atom is 0.162 e. The van der Waals surface area contributed by atoms with Crippen LogP contribution in [0.2, 0.25) is 5.02 Å². The Morgan fingerprint density at radius 2 is 1.86 bits per heavy atom. The predicted molar refractivity (Wildman–Crippen MR) is 90.6 cm³/mol. The molecular weight excluding hydrogens is 374 g/mol. The molecule has 0 atom stereocenters. The van der Waals surface area contributed by atoms with Crippen LogP contribution in [-0.2, 0) is 5.75 Å². The fourth-order valence-electron chi connectivity index (χ4n) is 2.01. The van der Waals surface area contributed by atoms with Gasteiger partial charge in [-0.2, -0.15) is 0 Å². The van der Waals surface area contributed by atoms with Crippen LogP contribution in [0.5, 0.6) is 11.5 Å². The highest BCUT2D eigenvalue weighted by molar-refractivity contribution is 9.10. The summed E-state index contributed by atoms with van der Waals surface area (Å²) in [6, 6.07) is 9.52. The molecule has 2 aromatic carbocycles. The van der Waals surface area contributed by atoms with Gasteiger partial charge in [0, 0.05) is 20.8 Å². The zero-order valence-electron chi connectivity index (χ0n) is 11.1. The molecular formula is C15H13BrClNO2S. The molecule has 0 radical (unpaired) electrons. The molecule has 0 saturated heterocycles. The monoisotopic (exact) mass is 385 g/mol. The molecule has 0 amide bonds. The van der Waals surface area contributed by atoms with Gasteiger partial charge < -0.3 is 15.2 Å². The Bertz CT molecular complexity index is 681. The second-order valence-electron chi connectivity index (χ2n) is 4.57. The second kappa shape index (κ2) is 6.38. The number of nitrogens with two attached hydrogens (primary N) is 1. The van der Waals surface area contributed by atoms with E-state index in [2.05, 4.69) is 15.9 Å². The highest BCUT2D eigenvalue weighted by Crippen LogP contribution is 2.39. The average molecular weight is 387 g/mol. The van der Waals surface area contributed by atoms with E-state index in [1.807, 2.05) is 24.3 Å². The maximum atomic E-state index is 6.19. The second-order valence-corrected chi connectivity index (χ2v) is 6.84. The number of anilines is 1. The number of thioether (sulfide) groups is 1. The number of rotatable bonds is 3. The van der Waals surface area contributed by atoms with Crippen molar-refractivity contribution < 1.29 is 9.47 Å². The molecule has 1 heterocycles. The summed E-state index contributed by atoms with van der Waals surface area (Å²) in [5.74, 6) is 2.36. The van der Waals surface area contributed by atoms with Crippen LogP contribution in [-0.4, -0.2) is 13.2 Å². The molecule has 2 N–H and O–H groups in total. The van der Waals surface area contributed by atoms with E-state index in [1.165, 1.54) is 0 Å². The van der Waals surface area contributed by atoms with Gasteiger partial charge in [0.1, 0.15) is 13.2 Å². The number of ether oxygens (including phenoxy) is 2. The van der Waals surface area contributed by atoms with Crippen molar-refractivity contribution in [3.05, 3.63) is 45.4 Å². The van der Waals surface area contributed by atoms with E-state index in [1.54, 1.807) is 17.8 Å². The van der Waals surface area contributed by atoms with Gasteiger partial charge in [-0.25, -0.2) is 0 Å². The van der Waals surface area contributed by atoms with E-state index in [0.717, 1.165) is 32.2 Å². The summed E-state index contributed by atoms with van der Waals surface area (Å²) in [5, 5.41) is 0.675. The lowest BCUT2D eigenvalue weighted by Gasteiger charge is -2.20. The largest absolute Gasteiger partial charge is 0.486 e. The smallest absolute Gasteiger partial charge is 0.162 e. The van der Waals surface area contributed by atoms with Crippen LogP contribution in [0.25, 0.3) is 0 Å². The van der Waals surface area contributed by atoms with Gasteiger partial charge in [-0.3, -0.25) is 0 Å². The van der Waals surface area contributed by atoms with Gasteiger partial charge in [-0.05, 0) is 35.9 Å². The highest BCUT2D eigenvalue weighted by atomic mass is 79.9. The summed E-state index contributed by atoms with van der Waals surface area (Å²) in [6.45, 7) is 1.18. The zero-order chi connectivity index (χ0) is 14.8. The first-order valence-electron chi connectivity index (χ1n) is 6.39. The molecule has 2 aromatic rings. The van der Waals surface area contributed by atoms with Gasteiger partial charge in [0.15, 0.2) is 11.5 Å². The Labute approximate surface area is 140 Å². The fraction of sp³-hybridized carbons (Fsp3) is 0.200. The lowest BCUT2D eigenvalue weighted by atomic mass is 10.2. The topological polar surface area (TPSA) is 44.5 Å². The predicted octanol–water partition coefficient (Wildman–Crippen LogP) is 4.75. The Morgan fingerprint density at radius 3 is 2.57 bits per heavy atom. The van der Waals surface area contributed by atoms with Crippen molar-refractivity contribution in [2.24, 2.45) is 0 Å². The number of hydrogen-bond donors (Lipinski definition) is 1. The van der Waals surface area contributed by atoms with E-state index < -0.39 is 0 Å². The molecule has 6 heteroatoms. The minimum Gasteiger partial charge on any atom is -0.486 e. The van der Waals surface area contributed by atoms with E-state index in [0.29, 0.717) is 23.9 Å². The molecule has 1 aliphatic rings. The van der Waals surface area contributed by atoms with Crippen molar-refractivity contribution in [3.63, 3.8) is 0 Å². The first-order valence-corrected chi connectivity index (χ1v) is 8.55. The minimum atomic E-state index is 0.588. The molecule has 0 unspecified atom stereocenters. The highest BCUT2D eigenvalue weighted by Gasteiger charge is 2.15. The first-order chi connectivity index (χ1) is 10.1. The van der Waals surface area contributed by atoms with Crippen LogP contribution in [0.3, 0.4) is 0 Å². The van der Waals surface area contributed by atoms with Gasteiger partial charge in [0.2, 0.25) is 0 Å². The minimum absolute atomic E-state index is 0.588. The average Bonchev–Trinajstić information content (AvgIpc) is 2.46. The first kappa shape index (κ1) is 14.9. The standard InChI is InChI=1S/C15H13BrClNO2S/c16-11-7-14-13(19-3-4-20-14)5-9(11)8-21-15-2-1-10(18)6-12(15)17/h1-2,5-7H,3-4,8,18H2. The Morgan fingerprint density at radius 1 is 1.14 bits per heavy atom. The molecule has 3 nitrogen and oxygen atoms in total. The van der Waals surface area contributed by atoms with Crippen molar-refractivity contribution in [1.29, 1.82) is 0 Å². The quantitative estimate of drug-likeness (QED) is 0.611. The Hall–Kier alpha value is -1.04. The normalized spacial score (nSPS) is 13.2. The number of halogens is 2. The molecule has 0 bridgehead atoms. The van der Waals surface area contributed by atoms with Crippen molar-refractivity contribution in [2.75, 3.05) is 18.9 Å². The lowest BCUT2D eigenvalue weighted by Crippen LogP contribution is -2.15. The van der Waals surface area contributed by atoms with E-state index in [4.69, 9.17) is 26.8 Å². The summed E-state index contributed by atoms with van der Waals surface area (Å²) in [4.78, 5) is 1.01. The van der Waals surface area contributed by atoms with Crippen molar-refractivity contribution in [2.45, 2.75) is 10.6 Å². The summed E-state index contributed by atoms with van der Waals surface area (Å²) < 4.78 is 12.2.